The van der Waals surface area contributed by atoms with Crippen LogP contribution in [-0.2, 0) is 13.6 Å². The molecule has 0 fully saturated rings. The van der Waals surface area contributed by atoms with Crippen LogP contribution in [0.25, 0.3) is 10.4 Å². The molecule has 2 heterocycles. The number of nitrogens with zero attached hydrogens (tertiary/aromatic N) is 2. The maximum absolute atomic E-state index is 5.69. The van der Waals surface area contributed by atoms with E-state index in [9.17, 15) is 0 Å². The van der Waals surface area contributed by atoms with Crippen LogP contribution in [0, 0.1) is 6.92 Å². The van der Waals surface area contributed by atoms with Gasteiger partial charge in [-0.1, -0.05) is 0 Å². The van der Waals surface area contributed by atoms with E-state index in [0.29, 0.717) is 6.54 Å². The second-order valence-electron chi connectivity index (χ2n) is 3.36. The minimum atomic E-state index is 0.479. The van der Waals surface area contributed by atoms with Gasteiger partial charge in [0.15, 0.2) is 0 Å². The first-order valence-electron chi connectivity index (χ1n) is 4.60. The van der Waals surface area contributed by atoms with Crippen LogP contribution in [0.3, 0.4) is 0 Å². The molecule has 0 spiro atoms. The molecule has 0 saturated heterocycles. The molecule has 0 aliphatic rings. The molecule has 0 aromatic carbocycles. The second kappa shape index (κ2) is 4.08. The van der Waals surface area contributed by atoms with Gasteiger partial charge < -0.3 is 5.73 Å². The van der Waals surface area contributed by atoms with Gasteiger partial charge in [0, 0.05) is 39.6 Å². The lowest BCUT2D eigenvalue weighted by Crippen LogP contribution is -1.99. The summed E-state index contributed by atoms with van der Waals surface area (Å²) in [6, 6.07) is 2.10. The molecule has 0 aliphatic carbocycles. The van der Waals surface area contributed by atoms with Crippen molar-refractivity contribution in [2.24, 2.45) is 12.8 Å². The summed E-state index contributed by atoms with van der Waals surface area (Å²) in [5.74, 6) is 0. The van der Waals surface area contributed by atoms with Gasteiger partial charge in [0.1, 0.15) is 0 Å². The van der Waals surface area contributed by atoms with Gasteiger partial charge in [-0.3, -0.25) is 4.68 Å². The molecule has 0 radical (unpaired) electrons. The van der Waals surface area contributed by atoms with Crippen LogP contribution in [0.15, 0.2) is 15.9 Å². The van der Waals surface area contributed by atoms with E-state index in [1.54, 1.807) is 11.3 Å². The number of rotatable bonds is 2. The Bertz CT molecular complexity index is 487. The normalized spacial score (nSPS) is 10.9. The number of hydrogen-bond acceptors (Lipinski definition) is 3. The largest absolute Gasteiger partial charge is 0.325 e. The van der Waals surface area contributed by atoms with Gasteiger partial charge in [0.25, 0.3) is 0 Å². The van der Waals surface area contributed by atoms with Gasteiger partial charge >= 0.3 is 0 Å². The molecule has 2 rings (SSSR count). The quantitative estimate of drug-likeness (QED) is 0.922. The minimum Gasteiger partial charge on any atom is -0.325 e. The lowest BCUT2D eigenvalue weighted by molar-refractivity contribution is 0.721. The van der Waals surface area contributed by atoms with Crippen molar-refractivity contribution in [3.05, 3.63) is 27.3 Å². The minimum absolute atomic E-state index is 0.479. The molecule has 2 aromatic heterocycles. The van der Waals surface area contributed by atoms with Gasteiger partial charge in [0.05, 0.1) is 5.69 Å². The monoisotopic (exact) mass is 285 g/mol. The van der Waals surface area contributed by atoms with Crippen LogP contribution < -0.4 is 5.73 Å². The van der Waals surface area contributed by atoms with E-state index in [0.717, 1.165) is 15.9 Å². The molecule has 0 unspecified atom stereocenters. The van der Waals surface area contributed by atoms with Crippen molar-refractivity contribution in [3.8, 4) is 10.4 Å². The predicted molar refractivity (Wildman–Crippen MR) is 66.8 cm³/mol. The fraction of sp³-hybridized carbons (Fsp3) is 0.300. The molecular weight excluding hydrogens is 274 g/mol. The molecule has 2 aromatic rings. The number of hydrogen-bond donors (Lipinski definition) is 1. The topological polar surface area (TPSA) is 43.8 Å². The Morgan fingerprint density at radius 1 is 1.60 bits per heavy atom. The van der Waals surface area contributed by atoms with Crippen molar-refractivity contribution in [2.45, 2.75) is 13.5 Å². The fourth-order valence-corrected chi connectivity index (χ4v) is 3.13. The zero-order chi connectivity index (χ0) is 11.0. The summed E-state index contributed by atoms with van der Waals surface area (Å²) in [4.78, 5) is 1.22. The van der Waals surface area contributed by atoms with Crippen molar-refractivity contribution in [3.63, 3.8) is 0 Å². The Morgan fingerprint density at radius 3 is 2.87 bits per heavy atom. The molecule has 0 bridgehead atoms. The Morgan fingerprint density at radius 2 is 2.33 bits per heavy atom. The van der Waals surface area contributed by atoms with E-state index in [1.165, 1.54) is 10.4 Å². The third kappa shape index (κ3) is 1.87. The van der Waals surface area contributed by atoms with Gasteiger partial charge in [-0.25, -0.2) is 0 Å². The highest BCUT2D eigenvalue weighted by Gasteiger charge is 2.14. The maximum Gasteiger partial charge on any atom is 0.0849 e. The van der Waals surface area contributed by atoms with E-state index >= 15 is 0 Å². The van der Waals surface area contributed by atoms with Crippen molar-refractivity contribution in [2.75, 3.05) is 0 Å². The number of aryl methyl sites for hydroxylation is 1. The molecule has 0 aliphatic heterocycles. The lowest BCUT2D eigenvalue weighted by atomic mass is 10.1. The molecule has 5 heteroatoms. The maximum atomic E-state index is 5.69. The van der Waals surface area contributed by atoms with Crippen molar-refractivity contribution >= 4 is 27.3 Å². The summed E-state index contributed by atoms with van der Waals surface area (Å²) in [6.07, 6.45) is 0. The van der Waals surface area contributed by atoms with E-state index in [2.05, 4.69) is 39.4 Å². The summed E-state index contributed by atoms with van der Waals surface area (Å²) < 4.78 is 2.99. The molecule has 3 nitrogen and oxygen atoms in total. The first-order chi connectivity index (χ1) is 7.13. The summed E-state index contributed by atoms with van der Waals surface area (Å²) in [6.45, 7) is 2.54. The van der Waals surface area contributed by atoms with Crippen molar-refractivity contribution < 1.29 is 0 Å². The Kier molecular flexibility index (Phi) is 2.95. The number of aromatic nitrogens is 2. The number of thiophene rings is 1. The van der Waals surface area contributed by atoms with Crippen LogP contribution in [0.5, 0.6) is 0 Å². The molecule has 0 amide bonds. The standard InChI is InChI=1S/C10H12BrN3S/c1-6-10(8(4-12)13-14(6)2)9-3-7(11)5-15-9/h3,5H,4,12H2,1-2H3. The predicted octanol–water partition coefficient (Wildman–Crippen LogP) is 2.68. The van der Waals surface area contributed by atoms with Crippen LogP contribution in [0.4, 0.5) is 0 Å². The van der Waals surface area contributed by atoms with E-state index in [4.69, 9.17) is 5.73 Å². The summed E-state index contributed by atoms with van der Waals surface area (Å²) >= 11 is 5.16. The summed E-state index contributed by atoms with van der Waals surface area (Å²) in [7, 11) is 1.95. The molecular formula is C10H12BrN3S. The molecule has 0 saturated carbocycles. The zero-order valence-corrected chi connectivity index (χ0v) is 11.0. The molecule has 2 N–H and O–H groups in total. The van der Waals surface area contributed by atoms with Crippen LogP contribution in [0.2, 0.25) is 0 Å². The average molecular weight is 286 g/mol. The summed E-state index contributed by atoms with van der Waals surface area (Å²) in [5, 5.41) is 6.47. The van der Waals surface area contributed by atoms with E-state index < -0.39 is 0 Å². The SMILES string of the molecule is Cc1c(-c2cc(Br)cs2)c(CN)nn1C. The zero-order valence-electron chi connectivity index (χ0n) is 8.62. The third-order valence-corrected chi connectivity index (χ3v) is 4.12. The van der Waals surface area contributed by atoms with Gasteiger partial charge in [-0.2, -0.15) is 5.10 Å². The van der Waals surface area contributed by atoms with Gasteiger partial charge in [-0.05, 0) is 28.9 Å². The molecule has 0 atom stereocenters. The van der Waals surface area contributed by atoms with E-state index in [-0.39, 0.29) is 0 Å². The fourth-order valence-electron chi connectivity index (χ4n) is 1.58. The first kappa shape index (κ1) is 10.9. The molecule has 15 heavy (non-hydrogen) atoms. The second-order valence-corrected chi connectivity index (χ2v) is 5.19. The first-order valence-corrected chi connectivity index (χ1v) is 6.27. The third-order valence-electron chi connectivity index (χ3n) is 2.41. The highest BCUT2D eigenvalue weighted by atomic mass is 79.9. The average Bonchev–Trinajstić information content (AvgIpc) is 2.73. The summed E-state index contributed by atoms with van der Waals surface area (Å²) in [5.41, 5.74) is 8.99. The Hall–Kier alpha value is -0.650. The number of nitrogens with two attached hydrogens (primary N) is 1. The Balaban J connectivity index is 2.60. The smallest absolute Gasteiger partial charge is 0.0849 e. The van der Waals surface area contributed by atoms with Gasteiger partial charge in [0.2, 0.25) is 0 Å². The van der Waals surface area contributed by atoms with Crippen molar-refractivity contribution in [1.82, 2.24) is 9.78 Å². The number of halogens is 1. The van der Waals surface area contributed by atoms with Crippen molar-refractivity contribution in [1.29, 1.82) is 0 Å². The van der Waals surface area contributed by atoms with E-state index in [1.807, 2.05) is 11.7 Å². The lowest BCUT2D eigenvalue weighted by Gasteiger charge is -1.98. The van der Waals surface area contributed by atoms with Crippen LogP contribution in [-0.4, -0.2) is 9.78 Å². The van der Waals surface area contributed by atoms with Crippen LogP contribution in [0.1, 0.15) is 11.4 Å². The highest BCUT2D eigenvalue weighted by Crippen LogP contribution is 2.33. The molecule has 80 valence electrons. The van der Waals surface area contributed by atoms with Crippen LogP contribution >= 0.6 is 27.3 Å². The Labute approximate surface area is 101 Å². The highest BCUT2D eigenvalue weighted by molar-refractivity contribution is 9.10. The van der Waals surface area contributed by atoms with Gasteiger partial charge in [-0.15, -0.1) is 11.3 Å².